The molecule has 1 aromatic carbocycles. The molecule has 0 bridgehead atoms. The highest BCUT2D eigenvalue weighted by Crippen LogP contribution is 2.45. The van der Waals surface area contributed by atoms with Gasteiger partial charge in [-0.25, -0.2) is 0 Å². The highest BCUT2D eigenvalue weighted by molar-refractivity contribution is 6.06. The van der Waals surface area contributed by atoms with E-state index in [1.165, 1.54) is 5.56 Å². The van der Waals surface area contributed by atoms with E-state index >= 15 is 0 Å². The predicted octanol–water partition coefficient (Wildman–Crippen LogP) is 1.50. The molecule has 0 unspecified atom stereocenters. The number of fused-ring (bicyclic) bond motifs is 2. The summed E-state index contributed by atoms with van der Waals surface area (Å²) in [4.78, 5) is 14.9. The Morgan fingerprint density at radius 3 is 2.60 bits per heavy atom. The van der Waals surface area contributed by atoms with Crippen LogP contribution in [0.15, 0.2) is 24.3 Å². The molecule has 1 aliphatic carbocycles. The van der Waals surface area contributed by atoms with Crippen LogP contribution in [0, 0.1) is 0 Å². The lowest BCUT2D eigenvalue weighted by Gasteiger charge is -2.46. The summed E-state index contributed by atoms with van der Waals surface area (Å²) >= 11 is 0. The third-order valence-electron chi connectivity index (χ3n) is 5.38. The van der Waals surface area contributed by atoms with Crippen LogP contribution in [0.25, 0.3) is 0 Å². The van der Waals surface area contributed by atoms with Gasteiger partial charge in [0.15, 0.2) is 0 Å². The Bertz CT molecular complexity index is 543. The monoisotopic (exact) mass is 272 g/mol. The molecule has 2 aliphatic heterocycles. The van der Waals surface area contributed by atoms with Crippen LogP contribution in [-0.4, -0.2) is 41.1 Å². The third-order valence-corrected chi connectivity index (χ3v) is 5.38. The SMILES string of the molecule is O=C1Nc2ccccc2C12CCN([C@H]1C[C@@H](O)C1)CC2. The lowest BCUT2D eigenvalue weighted by Crippen LogP contribution is -2.54. The normalized spacial score (nSPS) is 31.8. The second kappa shape index (κ2) is 4.30. The Kier molecular flexibility index (Phi) is 2.66. The molecule has 2 N–H and O–H groups in total. The van der Waals surface area contributed by atoms with Gasteiger partial charge in [0, 0.05) is 11.7 Å². The van der Waals surface area contributed by atoms with Crippen LogP contribution in [0.1, 0.15) is 31.2 Å². The van der Waals surface area contributed by atoms with Gasteiger partial charge < -0.3 is 15.3 Å². The molecule has 0 aromatic heterocycles. The van der Waals surface area contributed by atoms with Crippen molar-refractivity contribution in [2.24, 2.45) is 0 Å². The maximum atomic E-state index is 12.5. The van der Waals surface area contributed by atoms with E-state index in [0.29, 0.717) is 6.04 Å². The van der Waals surface area contributed by atoms with Gasteiger partial charge in [-0.1, -0.05) is 18.2 Å². The number of carbonyl (C=O) groups excluding carboxylic acids is 1. The summed E-state index contributed by atoms with van der Waals surface area (Å²) in [6.07, 6.45) is 3.47. The van der Waals surface area contributed by atoms with Crippen molar-refractivity contribution in [3.05, 3.63) is 29.8 Å². The van der Waals surface area contributed by atoms with E-state index in [1.54, 1.807) is 0 Å². The van der Waals surface area contributed by atoms with E-state index in [4.69, 9.17) is 0 Å². The van der Waals surface area contributed by atoms with E-state index < -0.39 is 0 Å². The maximum Gasteiger partial charge on any atom is 0.235 e. The fourth-order valence-electron chi connectivity index (χ4n) is 4.00. The number of para-hydroxylation sites is 1. The Morgan fingerprint density at radius 1 is 1.20 bits per heavy atom. The van der Waals surface area contributed by atoms with Crippen LogP contribution in [0.3, 0.4) is 0 Å². The van der Waals surface area contributed by atoms with Crippen LogP contribution in [0.5, 0.6) is 0 Å². The number of anilines is 1. The Balaban J connectivity index is 1.54. The molecule has 1 saturated heterocycles. The number of aliphatic hydroxyl groups excluding tert-OH is 1. The molecule has 0 radical (unpaired) electrons. The largest absolute Gasteiger partial charge is 0.393 e. The minimum atomic E-state index is -0.310. The Hall–Kier alpha value is -1.39. The number of carbonyl (C=O) groups is 1. The second-order valence-corrected chi connectivity index (χ2v) is 6.40. The first-order valence-electron chi connectivity index (χ1n) is 7.52. The molecule has 1 spiro atoms. The molecule has 1 aromatic rings. The number of hydrogen-bond acceptors (Lipinski definition) is 3. The highest BCUT2D eigenvalue weighted by atomic mass is 16.3. The van der Waals surface area contributed by atoms with Gasteiger partial charge in [0.2, 0.25) is 5.91 Å². The number of piperidine rings is 1. The van der Waals surface area contributed by atoms with Crippen molar-refractivity contribution in [2.75, 3.05) is 18.4 Å². The van der Waals surface area contributed by atoms with Crippen LogP contribution < -0.4 is 5.32 Å². The summed E-state index contributed by atoms with van der Waals surface area (Å²) in [5.41, 5.74) is 1.86. The van der Waals surface area contributed by atoms with Gasteiger partial charge in [0.05, 0.1) is 11.5 Å². The molecule has 1 amide bonds. The number of nitrogens with zero attached hydrogens (tertiary/aromatic N) is 1. The summed E-state index contributed by atoms with van der Waals surface area (Å²) in [5, 5.41) is 12.5. The molecule has 0 atom stereocenters. The first kappa shape index (κ1) is 12.4. The van der Waals surface area contributed by atoms with E-state index in [2.05, 4.69) is 16.3 Å². The van der Waals surface area contributed by atoms with Crippen molar-refractivity contribution in [3.63, 3.8) is 0 Å². The van der Waals surface area contributed by atoms with Crippen molar-refractivity contribution in [1.29, 1.82) is 0 Å². The van der Waals surface area contributed by atoms with Crippen LogP contribution in [-0.2, 0) is 10.2 Å². The van der Waals surface area contributed by atoms with E-state index in [1.807, 2.05) is 18.2 Å². The van der Waals surface area contributed by atoms with E-state index in [0.717, 1.165) is 44.5 Å². The smallest absolute Gasteiger partial charge is 0.235 e. The van der Waals surface area contributed by atoms with Gasteiger partial charge in [-0.2, -0.15) is 0 Å². The lowest BCUT2D eigenvalue weighted by molar-refractivity contribution is -0.123. The summed E-state index contributed by atoms with van der Waals surface area (Å²) in [6.45, 7) is 1.91. The molecule has 4 heteroatoms. The van der Waals surface area contributed by atoms with E-state index in [-0.39, 0.29) is 17.4 Å². The molecule has 1 saturated carbocycles. The van der Waals surface area contributed by atoms with Gasteiger partial charge in [0.25, 0.3) is 0 Å². The van der Waals surface area contributed by atoms with Crippen LogP contribution in [0.2, 0.25) is 0 Å². The third kappa shape index (κ3) is 1.64. The number of nitrogens with one attached hydrogen (secondary N) is 1. The molecule has 3 aliphatic rings. The predicted molar refractivity (Wildman–Crippen MR) is 76.6 cm³/mol. The summed E-state index contributed by atoms with van der Waals surface area (Å²) in [7, 11) is 0. The minimum absolute atomic E-state index is 0.105. The van der Waals surface area contributed by atoms with Crippen LogP contribution >= 0.6 is 0 Å². The quantitative estimate of drug-likeness (QED) is 0.814. The number of amides is 1. The molecule has 2 heterocycles. The van der Waals surface area contributed by atoms with Gasteiger partial charge in [-0.3, -0.25) is 4.79 Å². The number of rotatable bonds is 1. The topological polar surface area (TPSA) is 52.6 Å². The molecule has 4 nitrogen and oxygen atoms in total. The molecule has 2 fully saturated rings. The molecular weight excluding hydrogens is 252 g/mol. The molecule has 106 valence electrons. The van der Waals surface area contributed by atoms with Crippen molar-refractivity contribution < 1.29 is 9.90 Å². The van der Waals surface area contributed by atoms with E-state index in [9.17, 15) is 9.90 Å². The molecule has 4 rings (SSSR count). The fourth-order valence-corrected chi connectivity index (χ4v) is 4.00. The standard InChI is InChI=1S/C16H20N2O2/c19-12-9-11(10-12)18-7-5-16(6-8-18)13-3-1-2-4-14(13)17-15(16)20/h1-4,11-12,19H,5-10H2,(H,17,20)/t11-,12+. The molecular formula is C16H20N2O2. The van der Waals surface area contributed by atoms with Gasteiger partial charge in [-0.05, 0) is 50.4 Å². The van der Waals surface area contributed by atoms with Crippen LogP contribution in [0.4, 0.5) is 5.69 Å². The average molecular weight is 272 g/mol. The summed E-state index contributed by atoms with van der Waals surface area (Å²) in [5.74, 6) is 0.173. The number of aliphatic hydroxyl groups is 1. The second-order valence-electron chi connectivity index (χ2n) is 6.40. The highest BCUT2D eigenvalue weighted by Gasteiger charge is 2.49. The first-order chi connectivity index (χ1) is 9.69. The first-order valence-corrected chi connectivity index (χ1v) is 7.52. The van der Waals surface area contributed by atoms with Gasteiger partial charge in [-0.15, -0.1) is 0 Å². The maximum absolute atomic E-state index is 12.5. The molecule has 20 heavy (non-hydrogen) atoms. The van der Waals surface area contributed by atoms with Crippen molar-refractivity contribution in [2.45, 2.75) is 43.2 Å². The average Bonchev–Trinajstić information content (AvgIpc) is 2.70. The summed E-state index contributed by atoms with van der Waals surface area (Å²) < 4.78 is 0. The van der Waals surface area contributed by atoms with Crippen molar-refractivity contribution >= 4 is 11.6 Å². The number of likely N-dealkylation sites (tertiary alicyclic amines) is 1. The zero-order chi connectivity index (χ0) is 13.7. The zero-order valence-electron chi connectivity index (χ0n) is 11.5. The van der Waals surface area contributed by atoms with Crippen molar-refractivity contribution in [3.8, 4) is 0 Å². The fraction of sp³-hybridized carbons (Fsp3) is 0.562. The summed E-state index contributed by atoms with van der Waals surface area (Å²) in [6, 6.07) is 8.62. The van der Waals surface area contributed by atoms with Gasteiger partial charge >= 0.3 is 0 Å². The minimum Gasteiger partial charge on any atom is -0.393 e. The lowest BCUT2D eigenvalue weighted by atomic mass is 9.72. The Labute approximate surface area is 118 Å². The number of benzene rings is 1. The van der Waals surface area contributed by atoms with Crippen molar-refractivity contribution in [1.82, 2.24) is 4.90 Å². The van der Waals surface area contributed by atoms with Gasteiger partial charge in [0.1, 0.15) is 0 Å². The Morgan fingerprint density at radius 2 is 1.90 bits per heavy atom. The zero-order valence-corrected chi connectivity index (χ0v) is 11.5. The number of hydrogen-bond donors (Lipinski definition) is 2.